The SMILES string of the molecule is CCOC(=O)C1=C(C)N=c2sc(=Cc3ccc(OCc4ccc(Cl)cc4Cl)cc3)c(=O)n2C1c1ccc2c(c1)OCO2. The number of hydrogen-bond acceptors (Lipinski definition) is 8. The average molecular weight is 624 g/mol. The lowest BCUT2D eigenvalue weighted by molar-refractivity contribution is -0.139. The molecule has 0 saturated heterocycles. The summed E-state index contributed by atoms with van der Waals surface area (Å²) in [5.41, 5.74) is 2.84. The van der Waals surface area contributed by atoms with Crippen molar-refractivity contribution in [2.24, 2.45) is 4.99 Å². The van der Waals surface area contributed by atoms with Crippen LogP contribution in [0.4, 0.5) is 0 Å². The van der Waals surface area contributed by atoms with Gasteiger partial charge in [0.25, 0.3) is 5.56 Å². The molecular formula is C31H24Cl2N2O6S. The Bertz CT molecular complexity index is 1910. The Morgan fingerprint density at radius 3 is 2.64 bits per heavy atom. The van der Waals surface area contributed by atoms with Crippen LogP contribution in [0.5, 0.6) is 17.2 Å². The molecule has 3 heterocycles. The van der Waals surface area contributed by atoms with Crippen LogP contribution in [0, 0.1) is 0 Å². The Balaban J connectivity index is 1.34. The van der Waals surface area contributed by atoms with Gasteiger partial charge in [0.1, 0.15) is 12.4 Å². The number of nitrogens with zero attached hydrogens (tertiary/aromatic N) is 2. The summed E-state index contributed by atoms with van der Waals surface area (Å²) >= 11 is 13.5. The van der Waals surface area contributed by atoms with Crippen molar-refractivity contribution in [3.8, 4) is 17.2 Å². The van der Waals surface area contributed by atoms with Crippen molar-refractivity contribution in [1.29, 1.82) is 0 Å². The second-order valence-electron chi connectivity index (χ2n) is 9.51. The van der Waals surface area contributed by atoms with Gasteiger partial charge in [-0.05, 0) is 67.4 Å². The van der Waals surface area contributed by atoms with Crippen LogP contribution in [0.1, 0.15) is 36.6 Å². The Morgan fingerprint density at radius 1 is 1.10 bits per heavy atom. The van der Waals surface area contributed by atoms with Gasteiger partial charge >= 0.3 is 5.97 Å². The maximum Gasteiger partial charge on any atom is 0.338 e. The molecule has 6 rings (SSSR count). The molecule has 0 fully saturated rings. The third-order valence-corrected chi connectivity index (χ3v) is 8.39. The number of carbonyl (C=O) groups is 1. The molecule has 0 aliphatic carbocycles. The Morgan fingerprint density at radius 2 is 1.88 bits per heavy atom. The maximum absolute atomic E-state index is 13.9. The fourth-order valence-corrected chi connectivity index (χ4v) is 6.31. The molecule has 3 aromatic carbocycles. The number of benzene rings is 3. The van der Waals surface area contributed by atoms with Crippen LogP contribution in [0.15, 0.2) is 81.7 Å². The summed E-state index contributed by atoms with van der Waals surface area (Å²) in [5, 5.41) is 1.10. The lowest BCUT2D eigenvalue weighted by Crippen LogP contribution is -2.39. The molecule has 11 heteroatoms. The van der Waals surface area contributed by atoms with E-state index in [1.165, 1.54) is 11.3 Å². The van der Waals surface area contributed by atoms with Crippen molar-refractivity contribution in [3.05, 3.63) is 118 Å². The molecule has 1 atom stereocenters. The van der Waals surface area contributed by atoms with E-state index in [9.17, 15) is 9.59 Å². The normalized spacial score (nSPS) is 15.8. The van der Waals surface area contributed by atoms with Crippen LogP contribution in [0.3, 0.4) is 0 Å². The number of thiazole rings is 1. The van der Waals surface area contributed by atoms with E-state index in [0.29, 0.717) is 53.5 Å². The standard InChI is InChI=1S/C31H24Cl2N2O6S/c1-3-38-30(37)27-17(2)34-31-35(28(27)19-7-11-24-25(13-19)41-16-40-24)29(36)26(42-31)12-18-4-9-22(10-5-18)39-15-20-6-8-21(32)14-23(20)33/h4-14,28H,3,15-16H2,1-2H3. The summed E-state index contributed by atoms with van der Waals surface area (Å²) in [7, 11) is 0. The van der Waals surface area contributed by atoms with E-state index in [-0.39, 0.29) is 25.6 Å². The second-order valence-corrected chi connectivity index (χ2v) is 11.4. The largest absolute Gasteiger partial charge is 0.489 e. The van der Waals surface area contributed by atoms with Gasteiger partial charge in [-0.25, -0.2) is 9.79 Å². The van der Waals surface area contributed by atoms with Gasteiger partial charge in [-0.3, -0.25) is 9.36 Å². The van der Waals surface area contributed by atoms with Crippen molar-refractivity contribution in [2.45, 2.75) is 26.5 Å². The number of aromatic nitrogens is 1. The van der Waals surface area contributed by atoms with E-state index in [2.05, 4.69) is 4.99 Å². The molecule has 0 N–H and O–H groups in total. The summed E-state index contributed by atoms with van der Waals surface area (Å²) in [5.74, 6) is 1.28. The van der Waals surface area contributed by atoms with E-state index in [0.717, 1.165) is 11.1 Å². The van der Waals surface area contributed by atoms with Crippen molar-refractivity contribution in [1.82, 2.24) is 4.57 Å². The first-order valence-electron chi connectivity index (χ1n) is 13.1. The van der Waals surface area contributed by atoms with Crippen LogP contribution in [-0.4, -0.2) is 23.9 Å². The van der Waals surface area contributed by atoms with Gasteiger partial charge in [-0.15, -0.1) is 0 Å². The first kappa shape index (κ1) is 28.1. The molecule has 0 amide bonds. The number of halogens is 2. The average Bonchev–Trinajstić information content (AvgIpc) is 3.56. The van der Waals surface area contributed by atoms with Gasteiger partial charge in [0, 0.05) is 15.6 Å². The van der Waals surface area contributed by atoms with Crippen LogP contribution in [0.25, 0.3) is 6.08 Å². The van der Waals surface area contributed by atoms with Crippen molar-refractivity contribution < 1.29 is 23.7 Å². The fraction of sp³-hybridized carbons (Fsp3) is 0.194. The van der Waals surface area contributed by atoms with E-state index in [1.54, 1.807) is 48.8 Å². The van der Waals surface area contributed by atoms with Gasteiger partial charge in [0.15, 0.2) is 16.3 Å². The smallest absolute Gasteiger partial charge is 0.338 e. The Hall–Kier alpha value is -4.05. The first-order valence-corrected chi connectivity index (χ1v) is 14.7. The summed E-state index contributed by atoms with van der Waals surface area (Å²) in [6.07, 6.45) is 1.80. The van der Waals surface area contributed by atoms with Crippen LogP contribution in [-0.2, 0) is 16.1 Å². The molecule has 0 spiro atoms. The molecule has 1 unspecified atom stereocenters. The number of rotatable bonds is 7. The Kier molecular flexibility index (Phi) is 7.81. The predicted octanol–water partition coefficient (Wildman–Crippen LogP) is 5.41. The molecule has 4 aromatic rings. The zero-order chi connectivity index (χ0) is 29.4. The molecule has 0 bridgehead atoms. The summed E-state index contributed by atoms with van der Waals surface area (Å²) < 4.78 is 24.3. The highest BCUT2D eigenvalue weighted by molar-refractivity contribution is 7.07. The molecule has 0 radical (unpaired) electrons. The molecule has 1 aromatic heterocycles. The van der Waals surface area contributed by atoms with E-state index in [1.807, 2.05) is 36.4 Å². The quantitative estimate of drug-likeness (QED) is 0.256. The Labute approximate surface area is 254 Å². The lowest BCUT2D eigenvalue weighted by Gasteiger charge is -2.24. The lowest BCUT2D eigenvalue weighted by atomic mass is 9.95. The highest BCUT2D eigenvalue weighted by Crippen LogP contribution is 2.38. The summed E-state index contributed by atoms with van der Waals surface area (Å²) in [4.78, 5) is 32.1. The molecule has 214 valence electrons. The molecular weight excluding hydrogens is 599 g/mol. The van der Waals surface area contributed by atoms with Crippen molar-refractivity contribution in [2.75, 3.05) is 13.4 Å². The maximum atomic E-state index is 13.9. The minimum Gasteiger partial charge on any atom is -0.489 e. The monoisotopic (exact) mass is 622 g/mol. The van der Waals surface area contributed by atoms with Gasteiger partial charge in [0.2, 0.25) is 6.79 Å². The van der Waals surface area contributed by atoms with E-state index in [4.69, 9.17) is 42.1 Å². The number of allylic oxidation sites excluding steroid dienone is 1. The summed E-state index contributed by atoms with van der Waals surface area (Å²) in [6.45, 7) is 4.08. The van der Waals surface area contributed by atoms with Gasteiger partial charge in [0.05, 0.1) is 28.5 Å². The number of ether oxygens (including phenoxy) is 4. The van der Waals surface area contributed by atoms with Gasteiger partial charge in [-0.1, -0.05) is 58.8 Å². The zero-order valence-corrected chi connectivity index (χ0v) is 24.9. The number of esters is 1. The van der Waals surface area contributed by atoms with Gasteiger partial charge < -0.3 is 18.9 Å². The number of fused-ring (bicyclic) bond motifs is 2. The van der Waals surface area contributed by atoms with Crippen molar-refractivity contribution >= 4 is 46.6 Å². The highest BCUT2D eigenvalue weighted by atomic mass is 35.5. The van der Waals surface area contributed by atoms with Gasteiger partial charge in [-0.2, -0.15) is 0 Å². The number of hydrogen-bond donors (Lipinski definition) is 0. The fourth-order valence-electron chi connectivity index (χ4n) is 4.80. The zero-order valence-electron chi connectivity index (χ0n) is 22.6. The molecule has 2 aliphatic heterocycles. The molecule has 2 aliphatic rings. The highest BCUT2D eigenvalue weighted by Gasteiger charge is 2.34. The minimum absolute atomic E-state index is 0.111. The molecule has 0 saturated carbocycles. The number of carbonyl (C=O) groups excluding carboxylic acids is 1. The van der Waals surface area contributed by atoms with Crippen LogP contribution < -0.4 is 29.1 Å². The van der Waals surface area contributed by atoms with E-state index >= 15 is 0 Å². The summed E-state index contributed by atoms with van der Waals surface area (Å²) in [6, 6.07) is 17.3. The van der Waals surface area contributed by atoms with Crippen molar-refractivity contribution in [3.63, 3.8) is 0 Å². The third-order valence-electron chi connectivity index (χ3n) is 6.82. The topological polar surface area (TPSA) is 88.4 Å². The second kappa shape index (κ2) is 11.7. The minimum atomic E-state index is -0.743. The van der Waals surface area contributed by atoms with Crippen LogP contribution in [0.2, 0.25) is 10.0 Å². The van der Waals surface area contributed by atoms with Crippen LogP contribution >= 0.6 is 34.5 Å². The predicted molar refractivity (Wildman–Crippen MR) is 160 cm³/mol. The third kappa shape index (κ3) is 5.43. The first-order chi connectivity index (χ1) is 20.3. The molecule has 42 heavy (non-hydrogen) atoms. The molecule has 8 nitrogen and oxygen atoms in total. The van der Waals surface area contributed by atoms with E-state index < -0.39 is 12.0 Å².